The number of urea groups is 1. The largest absolute Gasteiger partial charge is 0.338 e. The first-order valence-corrected chi connectivity index (χ1v) is 6.59. The Morgan fingerprint density at radius 1 is 1.44 bits per heavy atom. The van der Waals surface area contributed by atoms with Gasteiger partial charge >= 0.3 is 6.03 Å². The molecular weight excluding hydrogens is 226 g/mol. The second-order valence-corrected chi connectivity index (χ2v) is 4.57. The molecule has 0 spiro atoms. The third-order valence-corrected chi connectivity index (χ3v) is 3.36. The molecule has 1 aliphatic rings. The van der Waals surface area contributed by atoms with Crippen LogP contribution in [0.5, 0.6) is 0 Å². The summed E-state index contributed by atoms with van der Waals surface area (Å²) in [4.78, 5) is 14.0. The second kappa shape index (κ2) is 5.87. The molecule has 1 aromatic carbocycles. The average Bonchev–Trinajstić information content (AvgIpc) is 2.43. The number of amides is 2. The first-order chi connectivity index (χ1) is 8.77. The first kappa shape index (κ1) is 12.9. The summed E-state index contributed by atoms with van der Waals surface area (Å²) >= 11 is 0. The van der Waals surface area contributed by atoms with Crippen molar-refractivity contribution in [3.05, 3.63) is 29.8 Å². The minimum absolute atomic E-state index is 0.0128. The van der Waals surface area contributed by atoms with E-state index in [0.29, 0.717) is 6.04 Å². The molecule has 1 atom stereocenters. The third kappa shape index (κ3) is 2.48. The van der Waals surface area contributed by atoms with E-state index in [0.717, 1.165) is 31.6 Å². The lowest BCUT2D eigenvalue weighted by Crippen LogP contribution is -2.44. The van der Waals surface area contributed by atoms with Gasteiger partial charge in [0.2, 0.25) is 0 Å². The summed E-state index contributed by atoms with van der Waals surface area (Å²) in [5, 5.41) is 6.25. The van der Waals surface area contributed by atoms with Crippen LogP contribution in [0, 0.1) is 0 Å². The molecule has 0 saturated carbocycles. The van der Waals surface area contributed by atoms with Crippen molar-refractivity contribution in [3.8, 4) is 0 Å². The minimum atomic E-state index is 0.0128. The van der Waals surface area contributed by atoms with E-state index in [1.807, 2.05) is 30.1 Å². The number of para-hydroxylation sites is 1. The van der Waals surface area contributed by atoms with Gasteiger partial charge in [0.25, 0.3) is 0 Å². The molecule has 0 bridgehead atoms. The van der Waals surface area contributed by atoms with E-state index in [-0.39, 0.29) is 6.03 Å². The maximum absolute atomic E-state index is 12.1. The molecule has 4 nitrogen and oxygen atoms in total. The van der Waals surface area contributed by atoms with Crippen LogP contribution in [0.25, 0.3) is 0 Å². The molecule has 1 unspecified atom stereocenters. The van der Waals surface area contributed by atoms with E-state index < -0.39 is 0 Å². The van der Waals surface area contributed by atoms with Gasteiger partial charge in [-0.1, -0.05) is 25.1 Å². The number of carbonyl (C=O) groups excluding carboxylic acids is 1. The number of nitrogens with zero attached hydrogens (tertiary/aromatic N) is 1. The standard InChI is InChI=1S/C14H21N3O/c1-3-9-16-14(18)17-10-8-12(15-2)11-6-4-5-7-13(11)17/h4-7,12,15H,3,8-10H2,1-2H3,(H,16,18). The van der Waals surface area contributed by atoms with Crippen LogP contribution in [-0.4, -0.2) is 26.2 Å². The maximum Gasteiger partial charge on any atom is 0.321 e. The molecule has 0 radical (unpaired) electrons. The van der Waals surface area contributed by atoms with Gasteiger partial charge in [-0.25, -0.2) is 4.79 Å². The number of benzene rings is 1. The average molecular weight is 247 g/mol. The molecule has 1 aliphatic heterocycles. The van der Waals surface area contributed by atoms with Gasteiger partial charge < -0.3 is 10.6 Å². The van der Waals surface area contributed by atoms with Crippen molar-refractivity contribution in [2.75, 3.05) is 25.0 Å². The molecule has 1 aromatic rings. The molecule has 18 heavy (non-hydrogen) atoms. The molecule has 4 heteroatoms. The highest BCUT2D eigenvalue weighted by Gasteiger charge is 2.27. The van der Waals surface area contributed by atoms with Crippen LogP contribution < -0.4 is 15.5 Å². The molecule has 2 N–H and O–H groups in total. The zero-order valence-corrected chi connectivity index (χ0v) is 11.1. The maximum atomic E-state index is 12.1. The third-order valence-electron chi connectivity index (χ3n) is 3.36. The van der Waals surface area contributed by atoms with Crippen molar-refractivity contribution in [3.63, 3.8) is 0 Å². The summed E-state index contributed by atoms with van der Waals surface area (Å²) < 4.78 is 0. The smallest absolute Gasteiger partial charge is 0.321 e. The van der Waals surface area contributed by atoms with Crippen LogP contribution in [0.3, 0.4) is 0 Å². The summed E-state index contributed by atoms with van der Waals surface area (Å²) in [6, 6.07) is 8.48. The summed E-state index contributed by atoms with van der Waals surface area (Å²) in [5.41, 5.74) is 2.23. The van der Waals surface area contributed by atoms with Gasteiger partial charge in [0.05, 0.1) is 5.69 Å². The van der Waals surface area contributed by atoms with Gasteiger partial charge in [-0.15, -0.1) is 0 Å². The van der Waals surface area contributed by atoms with Gasteiger partial charge in [-0.3, -0.25) is 4.90 Å². The Hall–Kier alpha value is -1.55. The molecule has 98 valence electrons. The topological polar surface area (TPSA) is 44.4 Å². The van der Waals surface area contributed by atoms with Crippen molar-refractivity contribution in [1.29, 1.82) is 0 Å². The molecule has 2 rings (SSSR count). The van der Waals surface area contributed by atoms with Gasteiger partial charge in [-0.2, -0.15) is 0 Å². The van der Waals surface area contributed by atoms with Crippen molar-refractivity contribution in [1.82, 2.24) is 10.6 Å². The Kier molecular flexibility index (Phi) is 4.20. The highest BCUT2D eigenvalue weighted by atomic mass is 16.2. The van der Waals surface area contributed by atoms with Crippen LogP contribution in [0.2, 0.25) is 0 Å². The summed E-state index contributed by atoms with van der Waals surface area (Å²) in [6.45, 7) is 3.55. The lowest BCUT2D eigenvalue weighted by Gasteiger charge is -2.34. The van der Waals surface area contributed by atoms with E-state index in [2.05, 4.69) is 23.6 Å². The molecule has 1 heterocycles. The van der Waals surface area contributed by atoms with E-state index in [4.69, 9.17) is 0 Å². The number of carbonyl (C=O) groups is 1. The Labute approximate surface area is 108 Å². The van der Waals surface area contributed by atoms with Crippen molar-refractivity contribution < 1.29 is 4.79 Å². The summed E-state index contributed by atoms with van der Waals surface area (Å²) in [6.07, 6.45) is 1.91. The fourth-order valence-electron chi connectivity index (χ4n) is 2.40. The van der Waals surface area contributed by atoms with E-state index in [1.54, 1.807) is 0 Å². The Balaban J connectivity index is 2.22. The number of rotatable bonds is 3. The van der Waals surface area contributed by atoms with Crippen molar-refractivity contribution >= 4 is 11.7 Å². The monoisotopic (exact) mass is 247 g/mol. The lowest BCUT2D eigenvalue weighted by atomic mass is 9.97. The molecule has 0 aliphatic carbocycles. The normalized spacial score (nSPS) is 18.3. The Bertz CT molecular complexity index is 419. The Morgan fingerprint density at radius 3 is 2.94 bits per heavy atom. The quantitative estimate of drug-likeness (QED) is 0.860. The summed E-state index contributed by atoms with van der Waals surface area (Å²) in [5.74, 6) is 0. The highest BCUT2D eigenvalue weighted by molar-refractivity contribution is 5.93. The van der Waals surface area contributed by atoms with Crippen LogP contribution in [0.4, 0.5) is 10.5 Å². The Morgan fingerprint density at radius 2 is 2.22 bits per heavy atom. The van der Waals surface area contributed by atoms with Crippen molar-refractivity contribution in [2.24, 2.45) is 0 Å². The van der Waals surface area contributed by atoms with E-state index >= 15 is 0 Å². The van der Waals surface area contributed by atoms with Crippen molar-refractivity contribution in [2.45, 2.75) is 25.8 Å². The number of anilines is 1. The molecule has 2 amide bonds. The number of nitrogens with one attached hydrogen (secondary N) is 2. The van der Waals surface area contributed by atoms with E-state index in [1.165, 1.54) is 5.56 Å². The lowest BCUT2D eigenvalue weighted by molar-refractivity contribution is 0.245. The van der Waals surface area contributed by atoms with Gasteiger partial charge in [0.15, 0.2) is 0 Å². The number of fused-ring (bicyclic) bond motifs is 1. The zero-order valence-electron chi connectivity index (χ0n) is 11.1. The van der Waals surface area contributed by atoms with Gasteiger partial charge in [0, 0.05) is 19.1 Å². The first-order valence-electron chi connectivity index (χ1n) is 6.59. The molecule has 0 saturated heterocycles. The van der Waals surface area contributed by atoms with Gasteiger partial charge in [0.1, 0.15) is 0 Å². The van der Waals surface area contributed by atoms with E-state index in [9.17, 15) is 4.79 Å². The van der Waals surface area contributed by atoms with Crippen LogP contribution in [0.15, 0.2) is 24.3 Å². The van der Waals surface area contributed by atoms with Crippen LogP contribution in [0.1, 0.15) is 31.4 Å². The fraction of sp³-hybridized carbons (Fsp3) is 0.500. The predicted molar refractivity (Wildman–Crippen MR) is 73.9 cm³/mol. The van der Waals surface area contributed by atoms with Gasteiger partial charge in [-0.05, 0) is 31.5 Å². The van der Waals surface area contributed by atoms with Crippen LogP contribution in [-0.2, 0) is 0 Å². The molecule has 0 aromatic heterocycles. The minimum Gasteiger partial charge on any atom is -0.338 e. The zero-order chi connectivity index (χ0) is 13.0. The SMILES string of the molecule is CCCNC(=O)N1CCC(NC)c2ccccc21. The molecular formula is C14H21N3O. The predicted octanol–water partition coefficient (Wildman–Crippen LogP) is 2.28. The highest BCUT2D eigenvalue weighted by Crippen LogP contribution is 2.33. The second-order valence-electron chi connectivity index (χ2n) is 4.57. The molecule has 0 fully saturated rings. The number of hydrogen-bond acceptors (Lipinski definition) is 2. The summed E-state index contributed by atoms with van der Waals surface area (Å²) in [7, 11) is 1.97. The number of hydrogen-bond donors (Lipinski definition) is 2. The fourth-order valence-corrected chi connectivity index (χ4v) is 2.40. The van der Waals surface area contributed by atoms with Crippen LogP contribution >= 0.6 is 0 Å².